The van der Waals surface area contributed by atoms with Crippen LogP contribution in [-0.2, 0) is 0 Å². The molecule has 112 valence electrons. The Kier molecular flexibility index (Phi) is 3.87. The zero-order chi connectivity index (χ0) is 13.7. The summed E-state index contributed by atoms with van der Waals surface area (Å²) < 4.78 is 0. The molecule has 2 aromatic carbocycles. The van der Waals surface area contributed by atoms with Crippen molar-refractivity contribution in [2.45, 2.75) is 31.6 Å². The van der Waals surface area contributed by atoms with E-state index in [-0.39, 0.29) is 17.0 Å². The number of aromatic hydroxyl groups is 1. The normalized spacial score (nSPS) is 24.1. The van der Waals surface area contributed by atoms with Crippen molar-refractivity contribution >= 4 is 33.4 Å². The Morgan fingerprint density at radius 3 is 2.71 bits per heavy atom. The first-order chi connectivity index (χ1) is 9.74. The van der Waals surface area contributed by atoms with Crippen LogP contribution < -0.4 is 4.90 Å². The molecule has 2 aromatic rings. The lowest BCUT2D eigenvalue weighted by atomic mass is 9.71. The molecule has 1 N–H and O–H groups in total. The highest BCUT2D eigenvalue weighted by Crippen LogP contribution is 2.48. The van der Waals surface area contributed by atoms with Gasteiger partial charge in [0.25, 0.3) is 0 Å². The summed E-state index contributed by atoms with van der Waals surface area (Å²) in [5, 5.41) is 12.4. The van der Waals surface area contributed by atoms with Crippen LogP contribution in [0.1, 0.15) is 37.2 Å². The highest BCUT2D eigenvalue weighted by atomic mass is 79.9. The second-order valence-corrected chi connectivity index (χ2v) is 6.44. The zero-order valence-corrected chi connectivity index (χ0v) is 14.1. The Hall–Kier alpha value is -1.22. The van der Waals surface area contributed by atoms with E-state index in [1.165, 1.54) is 54.3 Å². The summed E-state index contributed by atoms with van der Waals surface area (Å²) >= 11 is 0. The molecule has 1 heterocycles. The van der Waals surface area contributed by atoms with E-state index in [4.69, 9.17) is 0 Å². The van der Waals surface area contributed by atoms with Gasteiger partial charge >= 0.3 is 0 Å². The van der Waals surface area contributed by atoms with Crippen molar-refractivity contribution in [3.8, 4) is 5.75 Å². The van der Waals surface area contributed by atoms with E-state index in [0.717, 1.165) is 5.92 Å². The van der Waals surface area contributed by atoms with Crippen LogP contribution >= 0.6 is 17.0 Å². The lowest BCUT2D eigenvalue weighted by Gasteiger charge is -2.42. The minimum Gasteiger partial charge on any atom is -0.508 e. The average Bonchev–Trinajstić information content (AvgIpc) is 2.46. The van der Waals surface area contributed by atoms with Crippen molar-refractivity contribution in [2.24, 2.45) is 5.92 Å². The molecule has 1 saturated carbocycles. The lowest BCUT2D eigenvalue weighted by molar-refractivity contribution is 0.302. The quantitative estimate of drug-likeness (QED) is 0.736. The monoisotopic (exact) mass is 347 g/mol. The maximum absolute atomic E-state index is 9.88. The number of nitrogens with zero attached hydrogens (tertiary/aromatic N) is 1. The number of benzene rings is 2. The molecule has 2 aliphatic rings. The molecule has 1 fully saturated rings. The SMILES string of the molecule is Br.CN1CC2CCCCC2c2c1ccc1ccc(O)cc21. The molecule has 4 rings (SSSR count). The highest BCUT2D eigenvalue weighted by molar-refractivity contribution is 8.93. The van der Waals surface area contributed by atoms with Crippen molar-refractivity contribution in [3.63, 3.8) is 0 Å². The van der Waals surface area contributed by atoms with E-state index < -0.39 is 0 Å². The van der Waals surface area contributed by atoms with Gasteiger partial charge in [-0.25, -0.2) is 0 Å². The van der Waals surface area contributed by atoms with E-state index in [1.807, 2.05) is 12.1 Å². The van der Waals surface area contributed by atoms with Crippen LogP contribution in [-0.4, -0.2) is 18.7 Å². The fraction of sp³-hybridized carbons (Fsp3) is 0.444. The summed E-state index contributed by atoms with van der Waals surface area (Å²) in [6.45, 7) is 1.18. The van der Waals surface area contributed by atoms with Gasteiger partial charge in [0.2, 0.25) is 0 Å². The molecule has 0 bridgehead atoms. The first kappa shape index (κ1) is 14.7. The van der Waals surface area contributed by atoms with Gasteiger partial charge in [-0.05, 0) is 59.2 Å². The number of phenolic OH excluding ortho intramolecular Hbond substituents is 1. The molecular weight excluding hydrogens is 326 g/mol. The molecule has 0 saturated heterocycles. The first-order valence-corrected chi connectivity index (χ1v) is 7.71. The Labute approximate surface area is 136 Å². The van der Waals surface area contributed by atoms with Gasteiger partial charge < -0.3 is 10.0 Å². The molecule has 1 aliphatic heterocycles. The van der Waals surface area contributed by atoms with Crippen molar-refractivity contribution in [1.29, 1.82) is 0 Å². The summed E-state index contributed by atoms with van der Waals surface area (Å²) in [5.41, 5.74) is 2.85. The number of hydrogen-bond donors (Lipinski definition) is 1. The molecule has 2 unspecified atom stereocenters. The third kappa shape index (κ3) is 2.32. The molecule has 2 nitrogen and oxygen atoms in total. The van der Waals surface area contributed by atoms with Crippen LogP contribution in [0.25, 0.3) is 10.8 Å². The van der Waals surface area contributed by atoms with Gasteiger partial charge in [-0.15, -0.1) is 17.0 Å². The van der Waals surface area contributed by atoms with Crippen LogP contribution in [0, 0.1) is 5.92 Å². The van der Waals surface area contributed by atoms with Crippen molar-refractivity contribution in [2.75, 3.05) is 18.5 Å². The fourth-order valence-corrected chi connectivity index (χ4v) is 4.30. The number of phenols is 1. The number of hydrogen-bond acceptors (Lipinski definition) is 2. The predicted octanol–water partition coefficient (Wildman–Crippen LogP) is 4.85. The van der Waals surface area contributed by atoms with E-state index >= 15 is 0 Å². The Morgan fingerprint density at radius 1 is 1.10 bits per heavy atom. The fourth-order valence-electron chi connectivity index (χ4n) is 4.30. The van der Waals surface area contributed by atoms with E-state index in [2.05, 4.69) is 24.1 Å². The van der Waals surface area contributed by atoms with Gasteiger partial charge in [-0.2, -0.15) is 0 Å². The van der Waals surface area contributed by atoms with Crippen LogP contribution in [0.2, 0.25) is 0 Å². The topological polar surface area (TPSA) is 23.5 Å². The largest absolute Gasteiger partial charge is 0.508 e. The van der Waals surface area contributed by atoms with Gasteiger partial charge in [0.05, 0.1) is 0 Å². The van der Waals surface area contributed by atoms with Gasteiger partial charge in [0.1, 0.15) is 5.75 Å². The molecule has 2 atom stereocenters. The second kappa shape index (κ2) is 5.53. The third-order valence-electron chi connectivity index (χ3n) is 5.22. The van der Waals surface area contributed by atoms with E-state index in [1.54, 1.807) is 6.07 Å². The van der Waals surface area contributed by atoms with Crippen molar-refractivity contribution in [1.82, 2.24) is 0 Å². The molecule has 0 radical (unpaired) electrons. The molecule has 3 heteroatoms. The third-order valence-corrected chi connectivity index (χ3v) is 5.22. The molecule has 0 aromatic heterocycles. The predicted molar refractivity (Wildman–Crippen MR) is 93.9 cm³/mol. The maximum atomic E-state index is 9.88. The smallest absolute Gasteiger partial charge is 0.116 e. The minimum atomic E-state index is 0. The van der Waals surface area contributed by atoms with Gasteiger partial charge in [-0.1, -0.05) is 25.0 Å². The first-order valence-electron chi connectivity index (χ1n) is 7.71. The standard InChI is InChI=1S/C18H21NO.BrH/c1-19-11-13-4-2-3-5-15(13)18-16-10-14(20)8-6-12(16)7-9-17(18)19;/h6-10,13,15,20H,2-5,11H2,1H3;1H. The number of anilines is 1. The van der Waals surface area contributed by atoms with Crippen LogP contribution in [0.3, 0.4) is 0 Å². The van der Waals surface area contributed by atoms with Gasteiger partial charge in [0.15, 0.2) is 0 Å². The van der Waals surface area contributed by atoms with Crippen LogP contribution in [0.15, 0.2) is 30.3 Å². The summed E-state index contributed by atoms with van der Waals surface area (Å²) in [7, 11) is 2.21. The molecule has 1 aliphatic carbocycles. The summed E-state index contributed by atoms with van der Waals surface area (Å²) in [4.78, 5) is 2.41. The molecular formula is C18H22BrNO. The van der Waals surface area contributed by atoms with Gasteiger partial charge in [0, 0.05) is 19.3 Å². The van der Waals surface area contributed by atoms with Gasteiger partial charge in [-0.3, -0.25) is 0 Å². The number of halogens is 1. The Bertz CT molecular complexity index is 670. The molecule has 21 heavy (non-hydrogen) atoms. The van der Waals surface area contributed by atoms with Crippen molar-refractivity contribution in [3.05, 3.63) is 35.9 Å². The highest BCUT2D eigenvalue weighted by Gasteiger charge is 2.34. The zero-order valence-electron chi connectivity index (χ0n) is 12.4. The van der Waals surface area contributed by atoms with E-state index in [0.29, 0.717) is 11.7 Å². The van der Waals surface area contributed by atoms with E-state index in [9.17, 15) is 5.11 Å². The second-order valence-electron chi connectivity index (χ2n) is 6.44. The summed E-state index contributed by atoms with van der Waals surface area (Å²) in [5.74, 6) is 1.85. The Morgan fingerprint density at radius 2 is 1.86 bits per heavy atom. The lowest BCUT2D eigenvalue weighted by Crippen LogP contribution is -2.36. The molecule has 0 spiro atoms. The van der Waals surface area contributed by atoms with Crippen molar-refractivity contribution < 1.29 is 5.11 Å². The summed E-state index contributed by atoms with van der Waals surface area (Å²) in [6.07, 6.45) is 5.38. The molecule has 0 amide bonds. The van der Waals surface area contributed by atoms with Crippen LogP contribution in [0.5, 0.6) is 5.75 Å². The Balaban J connectivity index is 0.00000132. The average molecular weight is 348 g/mol. The number of rotatable bonds is 0. The van der Waals surface area contributed by atoms with Crippen LogP contribution in [0.4, 0.5) is 5.69 Å². The summed E-state index contributed by atoms with van der Waals surface area (Å²) in [6, 6.07) is 10.2. The minimum absolute atomic E-state index is 0. The number of fused-ring (bicyclic) bond motifs is 5. The maximum Gasteiger partial charge on any atom is 0.116 e.